The number of hydrogen-bond donors (Lipinski definition) is 1. The number of methoxy groups -OCH3 is 1. The van der Waals surface area contributed by atoms with E-state index in [1.165, 1.54) is 6.42 Å². The molecule has 44 heavy (non-hydrogen) atoms. The van der Waals surface area contributed by atoms with Crippen LogP contribution in [0.5, 0.6) is 5.75 Å². The lowest BCUT2D eigenvalue weighted by molar-refractivity contribution is -0.153. The lowest BCUT2D eigenvalue weighted by atomic mass is 9.56. The van der Waals surface area contributed by atoms with Crippen molar-refractivity contribution in [3.63, 3.8) is 0 Å². The molecule has 1 saturated heterocycles. The van der Waals surface area contributed by atoms with Gasteiger partial charge >= 0.3 is 13.1 Å². The Hall–Kier alpha value is -3.55. The fourth-order valence-corrected chi connectivity index (χ4v) is 6.61. The van der Waals surface area contributed by atoms with Gasteiger partial charge in [-0.05, 0) is 87.3 Å². The Morgan fingerprint density at radius 3 is 2.05 bits per heavy atom. The zero-order valence-electron chi connectivity index (χ0n) is 26.8. The molecule has 0 radical (unpaired) electrons. The summed E-state index contributed by atoms with van der Waals surface area (Å²) in [4.78, 5) is 15.0. The van der Waals surface area contributed by atoms with Crippen LogP contribution in [0.4, 0.5) is 5.69 Å². The maximum Gasteiger partial charge on any atom is 0.490 e. The predicted octanol–water partition coefficient (Wildman–Crippen LogP) is 8.13. The van der Waals surface area contributed by atoms with Crippen LogP contribution in [0.15, 0.2) is 97.0 Å². The molecule has 3 aromatic rings. The van der Waals surface area contributed by atoms with Crippen molar-refractivity contribution in [2.75, 3.05) is 12.4 Å². The summed E-state index contributed by atoms with van der Waals surface area (Å²) in [5.41, 5.74) is 0.821. The zero-order chi connectivity index (χ0) is 31.4. The third-order valence-corrected chi connectivity index (χ3v) is 9.74. The van der Waals surface area contributed by atoms with Gasteiger partial charge in [-0.1, -0.05) is 79.9 Å². The summed E-state index contributed by atoms with van der Waals surface area (Å²) in [6, 6.07) is 27.4. The van der Waals surface area contributed by atoms with Gasteiger partial charge in [0, 0.05) is 11.6 Å². The van der Waals surface area contributed by atoms with Gasteiger partial charge in [0.15, 0.2) is 5.54 Å². The Morgan fingerprint density at radius 2 is 1.48 bits per heavy atom. The second-order valence-corrected chi connectivity index (χ2v) is 13.1. The molecular formula is C37H46BNO5. The predicted molar refractivity (Wildman–Crippen MR) is 176 cm³/mol. The van der Waals surface area contributed by atoms with E-state index >= 15 is 0 Å². The molecule has 1 aliphatic heterocycles. The molecular weight excluding hydrogens is 549 g/mol. The summed E-state index contributed by atoms with van der Waals surface area (Å²) < 4.78 is 24.9. The van der Waals surface area contributed by atoms with Crippen molar-refractivity contribution in [3.05, 3.63) is 108 Å². The Balaban J connectivity index is 1.67. The van der Waals surface area contributed by atoms with Gasteiger partial charge in [-0.15, -0.1) is 6.58 Å². The van der Waals surface area contributed by atoms with Crippen LogP contribution in [0.1, 0.15) is 70.9 Å². The molecule has 2 aliphatic rings. The van der Waals surface area contributed by atoms with Gasteiger partial charge in [0.25, 0.3) is 0 Å². The third kappa shape index (κ3) is 6.45. The number of anilines is 1. The first kappa shape index (κ1) is 31.9. The minimum absolute atomic E-state index is 0.144. The fraction of sp³-hybridized carbons (Fsp3) is 0.432. The summed E-state index contributed by atoms with van der Waals surface area (Å²) in [7, 11) is 0.959. The number of hydrogen-bond acceptors (Lipinski definition) is 6. The summed E-state index contributed by atoms with van der Waals surface area (Å²) >= 11 is 0. The summed E-state index contributed by atoms with van der Waals surface area (Å²) in [5, 5.41) is 3.74. The van der Waals surface area contributed by atoms with Gasteiger partial charge in [0.05, 0.1) is 18.3 Å². The number of ether oxygens (including phenoxy) is 2. The van der Waals surface area contributed by atoms with Crippen LogP contribution in [0.25, 0.3) is 0 Å². The van der Waals surface area contributed by atoms with Gasteiger partial charge in [0.2, 0.25) is 0 Å². The Labute approximate surface area is 263 Å². The van der Waals surface area contributed by atoms with Crippen LogP contribution in [0, 0.1) is 11.8 Å². The lowest BCUT2D eigenvalue weighted by Gasteiger charge is -2.46. The molecule has 3 aromatic carbocycles. The van der Waals surface area contributed by atoms with E-state index in [4.69, 9.17) is 18.8 Å². The zero-order valence-corrected chi connectivity index (χ0v) is 26.8. The highest BCUT2D eigenvalue weighted by atomic mass is 16.7. The molecule has 0 spiro atoms. The van der Waals surface area contributed by atoms with E-state index in [9.17, 15) is 4.79 Å². The number of nitrogens with one attached hydrogen (secondary N) is 1. The molecule has 6 nitrogen and oxygen atoms in total. The van der Waals surface area contributed by atoms with Gasteiger partial charge in [-0.2, -0.15) is 0 Å². The van der Waals surface area contributed by atoms with Crippen molar-refractivity contribution in [1.82, 2.24) is 0 Å². The van der Waals surface area contributed by atoms with E-state index in [0.717, 1.165) is 53.7 Å². The standard InChI is InChI=1S/C37H46BNO5/c1-27(38-43-35(2,3)36(4,5)44-38)33(29-18-12-8-13-19-29)37(30-20-14-9-15-21-30,39-31-22-24-32(41-6)25-23-31)34(40)42-26-28-16-10-7-11-17-28/h7,9-11,14-17,20-25,29,33,39H,1,8,12-13,18-19,26H2,2-6H3/t33-,37-/m1/s1. The van der Waals surface area contributed by atoms with Crippen molar-refractivity contribution < 1.29 is 23.6 Å². The molecule has 1 N–H and O–H groups in total. The topological polar surface area (TPSA) is 66.0 Å². The van der Waals surface area contributed by atoms with Gasteiger partial charge in [0.1, 0.15) is 12.4 Å². The highest BCUT2D eigenvalue weighted by molar-refractivity contribution is 6.54. The molecule has 0 unspecified atom stereocenters. The smallest absolute Gasteiger partial charge is 0.490 e. The number of esters is 1. The monoisotopic (exact) mass is 595 g/mol. The van der Waals surface area contributed by atoms with Crippen LogP contribution < -0.4 is 10.1 Å². The van der Waals surface area contributed by atoms with E-state index < -0.39 is 29.8 Å². The number of carbonyl (C=O) groups is 1. The SMILES string of the molecule is C=C(B1OC(C)(C)C(C)(C)O1)[C@H](C1CCCCC1)[C@@](Nc1ccc(OC)cc1)(C(=O)OCc1ccccc1)c1ccccc1. The molecule has 7 heteroatoms. The first-order valence-corrected chi connectivity index (χ1v) is 15.8. The van der Waals surface area contributed by atoms with Gasteiger partial charge in [-0.3, -0.25) is 0 Å². The highest BCUT2D eigenvalue weighted by Gasteiger charge is 2.59. The number of rotatable bonds is 11. The summed E-state index contributed by atoms with van der Waals surface area (Å²) in [5.74, 6) is 0.116. The maximum atomic E-state index is 15.0. The molecule has 5 rings (SSSR count). The summed E-state index contributed by atoms with van der Waals surface area (Å²) in [6.45, 7) is 13.0. The molecule has 1 aliphatic carbocycles. The van der Waals surface area contributed by atoms with E-state index in [1.54, 1.807) is 7.11 Å². The third-order valence-electron chi connectivity index (χ3n) is 9.74. The molecule has 2 atom stereocenters. The second kappa shape index (κ2) is 13.2. The quantitative estimate of drug-likeness (QED) is 0.178. The number of carbonyl (C=O) groups excluding carboxylic acids is 1. The molecule has 1 heterocycles. The van der Waals surface area contributed by atoms with Crippen molar-refractivity contribution in [3.8, 4) is 5.75 Å². The highest BCUT2D eigenvalue weighted by Crippen LogP contribution is 2.50. The van der Waals surface area contributed by atoms with E-state index in [-0.39, 0.29) is 18.5 Å². The van der Waals surface area contributed by atoms with Gasteiger partial charge < -0.3 is 24.1 Å². The average Bonchev–Trinajstić information content (AvgIpc) is 3.27. The van der Waals surface area contributed by atoms with Crippen LogP contribution in [-0.4, -0.2) is 31.4 Å². The molecule has 2 fully saturated rings. The molecule has 0 aromatic heterocycles. The molecule has 0 bridgehead atoms. The van der Waals surface area contributed by atoms with Crippen LogP contribution in [0.2, 0.25) is 0 Å². The Morgan fingerprint density at radius 1 is 0.909 bits per heavy atom. The normalized spacial score (nSPS) is 19.9. The van der Waals surface area contributed by atoms with Crippen LogP contribution >= 0.6 is 0 Å². The maximum absolute atomic E-state index is 15.0. The Kier molecular flexibility index (Phi) is 9.57. The van der Waals surface area contributed by atoms with E-state index in [1.807, 2.05) is 113 Å². The average molecular weight is 596 g/mol. The first-order valence-electron chi connectivity index (χ1n) is 15.8. The second-order valence-electron chi connectivity index (χ2n) is 13.1. The molecule has 1 saturated carbocycles. The molecule has 0 amide bonds. The largest absolute Gasteiger partial charge is 0.497 e. The van der Waals surface area contributed by atoms with Crippen molar-refractivity contribution in [2.45, 2.75) is 83.1 Å². The van der Waals surface area contributed by atoms with Crippen LogP contribution in [-0.2, 0) is 31.0 Å². The minimum atomic E-state index is -1.33. The first-order chi connectivity index (χ1) is 21.1. The molecule has 232 valence electrons. The Bertz CT molecular complexity index is 1390. The van der Waals surface area contributed by atoms with Crippen molar-refractivity contribution in [1.29, 1.82) is 0 Å². The van der Waals surface area contributed by atoms with Crippen molar-refractivity contribution >= 4 is 18.8 Å². The minimum Gasteiger partial charge on any atom is -0.497 e. The summed E-state index contributed by atoms with van der Waals surface area (Å²) in [6.07, 6.45) is 5.28. The lowest BCUT2D eigenvalue weighted by Crippen LogP contribution is -2.55. The van der Waals surface area contributed by atoms with E-state index in [2.05, 4.69) is 11.9 Å². The van der Waals surface area contributed by atoms with Gasteiger partial charge in [-0.25, -0.2) is 4.79 Å². The fourth-order valence-electron chi connectivity index (χ4n) is 6.61. The van der Waals surface area contributed by atoms with Crippen LogP contribution in [0.3, 0.4) is 0 Å². The number of benzene rings is 3. The van der Waals surface area contributed by atoms with E-state index in [0.29, 0.717) is 0 Å². The van der Waals surface area contributed by atoms with Crippen molar-refractivity contribution in [2.24, 2.45) is 11.8 Å².